The summed E-state index contributed by atoms with van der Waals surface area (Å²) in [5.74, 6) is 0.716. The highest BCUT2D eigenvalue weighted by Gasteiger charge is 2.35. The van der Waals surface area contributed by atoms with Gasteiger partial charge < -0.3 is 10.1 Å². The number of thiazole rings is 1. The lowest BCUT2D eigenvalue weighted by Crippen LogP contribution is -2.11. The first-order valence-electron chi connectivity index (χ1n) is 7.10. The molecule has 1 fully saturated rings. The SMILES string of the molecule is CCNCc1sc(C(OCC)C2CC2)nc1CC. The fraction of sp³-hybridized carbons (Fsp3) is 0.786. The second-order valence-electron chi connectivity index (χ2n) is 4.77. The van der Waals surface area contributed by atoms with Crippen LogP contribution in [-0.2, 0) is 17.7 Å². The summed E-state index contributed by atoms with van der Waals surface area (Å²) in [7, 11) is 0. The van der Waals surface area contributed by atoms with Gasteiger partial charge in [0.1, 0.15) is 11.1 Å². The molecule has 1 aliphatic carbocycles. The van der Waals surface area contributed by atoms with E-state index in [2.05, 4.69) is 26.1 Å². The lowest BCUT2D eigenvalue weighted by Gasteiger charge is -2.12. The number of hydrogen-bond acceptors (Lipinski definition) is 4. The molecule has 102 valence electrons. The van der Waals surface area contributed by atoms with E-state index in [4.69, 9.17) is 9.72 Å². The van der Waals surface area contributed by atoms with Crippen LogP contribution < -0.4 is 5.32 Å². The summed E-state index contributed by atoms with van der Waals surface area (Å²) in [5, 5.41) is 4.60. The largest absolute Gasteiger partial charge is 0.371 e. The van der Waals surface area contributed by atoms with E-state index >= 15 is 0 Å². The van der Waals surface area contributed by atoms with Crippen LogP contribution in [0.2, 0.25) is 0 Å². The maximum Gasteiger partial charge on any atom is 0.122 e. The molecule has 3 nitrogen and oxygen atoms in total. The van der Waals surface area contributed by atoms with Crippen molar-refractivity contribution in [2.75, 3.05) is 13.2 Å². The molecule has 1 saturated carbocycles. The van der Waals surface area contributed by atoms with Crippen molar-refractivity contribution in [3.63, 3.8) is 0 Å². The Labute approximate surface area is 114 Å². The molecule has 1 heterocycles. The van der Waals surface area contributed by atoms with Gasteiger partial charge in [-0.1, -0.05) is 13.8 Å². The van der Waals surface area contributed by atoms with Crippen LogP contribution in [0.3, 0.4) is 0 Å². The Hall–Kier alpha value is -0.450. The van der Waals surface area contributed by atoms with Crippen molar-refractivity contribution in [2.45, 2.75) is 52.7 Å². The van der Waals surface area contributed by atoms with Crippen LogP contribution in [-0.4, -0.2) is 18.1 Å². The van der Waals surface area contributed by atoms with Gasteiger partial charge in [0.05, 0.1) is 5.69 Å². The van der Waals surface area contributed by atoms with Gasteiger partial charge >= 0.3 is 0 Å². The van der Waals surface area contributed by atoms with Gasteiger partial charge in [-0.25, -0.2) is 4.98 Å². The van der Waals surface area contributed by atoms with E-state index in [-0.39, 0.29) is 6.10 Å². The molecule has 1 aromatic heterocycles. The minimum absolute atomic E-state index is 0.251. The molecule has 0 aromatic carbocycles. The summed E-state index contributed by atoms with van der Waals surface area (Å²) < 4.78 is 5.90. The molecular formula is C14H24N2OS. The molecule has 4 heteroatoms. The van der Waals surface area contributed by atoms with Crippen molar-refractivity contribution in [1.29, 1.82) is 0 Å². The van der Waals surface area contributed by atoms with Crippen LogP contribution in [0.1, 0.15) is 55.3 Å². The van der Waals surface area contributed by atoms with Crippen molar-refractivity contribution >= 4 is 11.3 Å². The summed E-state index contributed by atoms with van der Waals surface area (Å²) in [6.45, 7) is 9.13. The normalized spacial score (nSPS) is 17.1. The van der Waals surface area contributed by atoms with Crippen LogP contribution in [0, 0.1) is 5.92 Å². The van der Waals surface area contributed by atoms with Crippen molar-refractivity contribution in [1.82, 2.24) is 10.3 Å². The van der Waals surface area contributed by atoms with E-state index in [0.29, 0.717) is 5.92 Å². The number of aryl methyl sites for hydroxylation is 1. The highest BCUT2D eigenvalue weighted by atomic mass is 32.1. The number of ether oxygens (including phenoxy) is 1. The molecule has 0 radical (unpaired) electrons. The number of hydrogen-bond donors (Lipinski definition) is 1. The summed E-state index contributed by atoms with van der Waals surface area (Å²) in [6, 6.07) is 0. The monoisotopic (exact) mass is 268 g/mol. The van der Waals surface area contributed by atoms with Gasteiger partial charge in [-0.05, 0) is 38.6 Å². The predicted octanol–water partition coefficient (Wildman–Crippen LogP) is 3.30. The van der Waals surface area contributed by atoms with Crippen LogP contribution in [0.4, 0.5) is 0 Å². The van der Waals surface area contributed by atoms with Gasteiger partial charge in [-0.15, -0.1) is 11.3 Å². The zero-order valence-corrected chi connectivity index (χ0v) is 12.5. The minimum Gasteiger partial charge on any atom is -0.371 e. The van der Waals surface area contributed by atoms with E-state index in [0.717, 1.165) is 26.1 Å². The molecule has 1 atom stereocenters. The lowest BCUT2D eigenvalue weighted by molar-refractivity contribution is 0.0461. The molecule has 18 heavy (non-hydrogen) atoms. The smallest absolute Gasteiger partial charge is 0.122 e. The van der Waals surface area contributed by atoms with Crippen LogP contribution in [0.15, 0.2) is 0 Å². The average Bonchev–Trinajstić information content (AvgIpc) is 3.13. The number of aromatic nitrogens is 1. The Morgan fingerprint density at radius 2 is 2.17 bits per heavy atom. The number of nitrogens with one attached hydrogen (secondary N) is 1. The number of rotatable bonds is 8. The van der Waals surface area contributed by atoms with E-state index in [9.17, 15) is 0 Å². The third-order valence-corrected chi connectivity index (χ3v) is 4.46. The molecule has 1 aromatic rings. The Bertz CT molecular complexity index is 374. The fourth-order valence-electron chi connectivity index (χ4n) is 2.17. The highest BCUT2D eigenvalue weighted by Crippen LogP contribution is 2.44. The molecule has 1 unspecified atom stereocenters. The molecule has 0 aliphatic heterocycles. The summed E-state index contributed by atoms with van der Waals surface area (Å²) in [5.41, 5.74) is 1.25. The molecule has 1 N–H and O–H groups in total. The Balaban J connectivity index is 2.13. The van der Waals surface area contributed by atoms with Crippen molar-refractivity contribution in [2.24, 2.45) is 5.92 Å². The molecule has 1 aliphatic rings. The Morgan fingerprint density at radius 1 is 1.39 bits per heavy atom. The van der Waals surface area contributed by atoms with Gasteiger partial charge in [0, 0.05) is 18.0 Å². The molecule has 2 rings (SSSR count). The van der Waals surface area contributed by atoms with Gasteiger partial charge in [0.25, 0.3) is 0 Å². The molecule has 0 amide bonds. The quantitative estimate of drug-likeness (QED) is 0.785. The third kappa shape index (κ3) is 3.31. The first-order chi connectivity index (χ1) is 8.80. The van der Waals surface area contributed by atoms with Crippen LogP contribution >= 0.6 is 11.3 Å². The van der Waals surface area contributed by atoms with E-state index in [1.54, 1.807) is 0 Å². The number of nitrogens with zero attached hydrogens (tertiary/aromatic N) is 1. The average molecular weight is 268 g/mol. The maximum absolute atomic E-state index is 5.90. The highest BCUT2D eigenvalue weighted by molar-refractivity contribution is 7.11. The standard InChI is InChI=1S/C14H24N2OS/c1-4-11-12(9-15-5-2)18-14(16-11)13(17-6-3)10-7-8-10/h10,13,15H,4-9H2,1-3H3. The van der Waals surface area contributed by atoms with Gasteiger partial charge in [0.15, 0.2) is 0 Å². The van der Waals surface area contributed by atoms with Crippen LogP contribution in [0.5, 0.6) is 0 Å². The zero-order valence-electron chi connectivity index (χ0n) is 11.7. The van der Waals surface area contributed by atoms with Gasteiger partial charge in [-0.2, -0.15) is 0 Å². The fourth-order valence-corrected chi connectivity index (χ4v) is 3.43. The molecule has 0 spiro atoms. The topological polar surface area (TPSA) is 34.1 Å². The maximum atomic E-state index is 5.90. The zero-order chi connectivity index (χ0) is 13.0. The minimum atomic E-state index is 0.251. The summed E-state index contributed by atoms with van der Waals surface area (Å²) in [6.07, 6.45) is 3.86. The first kappa shape index (κ1) is 14.0. The molecule has 0 saturated heterocycles. The molecular weight excluding hydrogens is 244 g/mol. The van der Waals surface area contributed by atoms with Crippen molar-refractivity contribution < 1.29 is 4.74 Å². The second-order valence-corrected chi connectivity index (χ2v) is 5.88. The van der Waals surface area contributed by atoms with E-state index in [1.165, 1.54) is 28.4 Å². The van der Waals surface area contributed by atoms with Gasteiger partial charge in [-0.3, -0.25) is 0 Å². The summed E-state index contributed by atoms with van der Waals surface area (Å²) >= 11 is 1.84. The van der Waals surface area contributed by atoms with E-state index < -0.39 is 0 Å². The summed E-state index contributed by atoms with van der Waals surface area (Å²) in [4.78, 5) is 6.20. The van der Waals surface area contributed by atoms with Crippen molar-refractivity contribution in [3.8, 4) is 0 Å². The van der Waals surface area contributed by atoms with Crippen molar-refractivity contribution in [3.05, 3.63) is 15.6 Å². The lowest BCUT2D eigenvalue weighted by atomic mass is 10.2. The first-order valence-corrected chi connectivity index (χ1v) is 7.92. The third-order valence-electron chi connectivity index (χ3n) is 3.31. The predicted molar refractivity (Wildman–Crippen MR) is 76.0 cm³/mol. The Kier molecular flexibility index (Phi) is 5.15. The van der Waals surface area contributed by atoms with Crippen LogP contribution in [0.25, 0.3) is 0 Å². The Morgan fingerprint density at radius 3 is 2.72 bits per heavy atom. The molecule has 0 bridgehead atoms. The van der Waals surface area contributed by atoms with E-state index in [1.807, 2.05) is 11.3 Å². The second kappa shape index (κ2) is 6.64. The van der Waals surface area contributed by atoms with Gasteiger partial charge in [0.2, 0.25) is 0 Å².